The van der Waals surface area contributed by atoms with E-state index in [2.05, 4.69) is 21.2 Å². The minimum Gasteiger partial charge on any atom is -0.372 e. The summed E-state index contributed by atoms with van der Waals surface area (Å²) in [5, 5.41) is 2.95. The van der Waals surface area contributed by atoms with Crippen LogP contribution >= 0.6 is 15.9 Å². The predicted octanol–water partition coefficient (Wildman–Crippen LogP) is 4.04. The fourth-order valence-electron chi connectivity index (χ4n) is 2.24. The Morgan fingerprint density at radius 3 is 2.80 bits per heavy atom. The summed E-state index contributed by atoms with van der Waals surface area (Å²) in [6, 6.07) is 11.5. The fraction of sp³-hybridized carbons (Fsp3) is 0.188. The molecule has 0 fully saturated rings. The second kappa shape index (κ2) is 5.38. The Bertz CT molecular complexity index is 682. The summed E-state index contributed by atoms with van der Waals surface area (Å²) in [5.41, 5.74) is 4.78. The Kier molecular flexibility index (Phi) is 3.59. The molecule has 3 nitrogen and oxygen atoms in total. The lowest BCUT2D eigenvalue weighted by atomic mass is 10.1. The van der Waals surface area contributed by atoms with Gasteiger partial charge in [-0.25, -0.2) is 0 Å². The molecule has 0 atom stereocenters. The predicted molar refractivity (Wildman–Crippen MR) is 81.8 cm³/mol. The smallest absolute Gasteiger partial charge is 0.255 e. The van der Waals surface area contributed by atoms with Crippen molar-refractivity contribution < 1.29 is 9.53 Å². The first-order valence-electron chi connectivity index (χ1n) is 6.40. The summed E-state index contributed by atoms with van der Waals surface area (Å²) in [6.45, 7) is 3.20. The lowest BCUT2D eigenvalue weighted by molar-refractivity contribution is 0.102. The zero-order valence-corrected chi connectivity index (χ0v) is 12.7. The van der Waals surface area contributed by atoms with Crippen LogP contribution in [-0.2, 0) is 18.0 Å². The molecule has 4 heteroatoms. The Morgan fingerprint density at radius 2 is 1.95 bits per heavy atom. The molecule has 0 bridgehead atoms. The first-order chi connectivity index (χ1) is 9.63. The van der Waals surface area contributed by atoms with E-state index < -0.39 is 0 Å². The lowest BCUT2D eigenvalue weighted by Crippen LogP contribution is -2.13. The highest BCUT2D eigenvalue weighted by molar-refractivity contribution is 9.10. The van der Waals surface area contributed by atoms with Gasteiger partial charge in [-0.05, 0) is 47.9 Å². The number of amides is 1. The van der Waals surface area contributed by atoms with Crippen molar-refractivity contribution in [1.29, 1.82) is 0 Å². The van der Waals surface area contributed by atoms with Gasteiger partial charge in [-0.1, -0.05) is 28.1 Å². The van der Waals surface area contributed by atoms with E-state index in [1.54, 1.807) is 0 Å². The monoisotopic (exact) mass is 331 g/mol. The number of hydrogen-bond acceptors (Lipinski definition) is 2. The SMILES string of the molecule is Cc1ccc(Br)cc1NC(=O)c1ccc2c(c1)COC2. The van der Waals surface area contributed by atoms with E-state index in [-0.39, 0.29) is 5.91 Å². The molecule has 2 aromatic rings. The zero-order valence-electron chi connectivity index (χ0n) is 11.1. The van der Waals surface area contributed by atoms with Crippen LogP contribution in [-0.4, -0.2) is 5.91 Å². The Labute approximate surface area is 126 Å². The fourth-order valence-corrected chi connectivity index (χ4v) is 2.60. The van der Waals surface area contributed by atoms with Gasteiger partial charge in [-0.15, -0.1) is 0 Å². The topological polar surface area (TPSA) is 38.3 Å². The molecule has 1 N–H and O–H groups in total. The lowest BCUT2D eigenvalue weighted by Gasteiger charge is -2.09. The van der Waals surface area contributed by atoms with Gasteiger partial charge in [-0.3, -0.25) is 4.79 Å². The van der Waals surface area contributed by atoms with E-state index in [1.165, 1.54) is 5.56 Å². The number of benzene rings is 2. The van der Waals surface area contributed by atoms with Crippen molar-refractivity contribution in [3.05, 3.63) is 63.1 Å². The molecule has 0 spiro atoms. The maximum Gasteiger partial charge on any atom is 0.255 e. The van der Waals surface area contributed by atoms with Crippen LogP contribution < -0.4 is 5.32 Å². The van der Waals surface area contributed by atoms with Crippen molar-refractivity contribution in [2.24, 2.45) is 0 Å². The van der Waals surface area contributed by atoms with Crippen LogP contribution in [0.5, 0.6) is 0 Å². The third kappa shape index (κ3) is 2.62. The van der Waals surface area contributed by atoms with Crippen LogP contribution in [0.4, 0.5) is 5.69 Å². The van der Waals surface area contributed by atoms with Crippen molar-refractivity contribution in [1.82, 2.24) is 0 Å². The maximum absolute atomic E-state index is 12.3. The van der Waals surface area contributed by atoms with Crippen molar-refractivity contribution >= 4 is 27.5 Å². The average Bonchev–Trinajstić information content (AvgIpc) is 2.90. The summed E-state index contributed by atoms with van der Waals surface area (Å²) in [4.78, 5) is 12.3. The van der Waals surface area contributed by atoms with Crippen LogP contribution in [0, 0.1) is 6.92 Å². The van der Waals surface area contributed by atoms with Crippen LogP contribution in [0.3, 0.4) is 0 Å². The van der Waals surface area contributed by atoms with E-state index in [0.717, 1.165) is 21.3 Å². The third-order valence-electron chi connectivity index (χ3n) is 3.43. The minimum atomic E-state index is -0.0964. The van der Waals surface area contributed by atoms with Crippen molar-refractivity contribution in [3.8, 4) is 0 Å². The van der Waals surface area contributed by atoms with Crippen molar-refractivity contribution in [2.75, 3.05) is 5.32 Å². The molecule has 0 aromatic heterocycles. The van der Waals surface area contributed by atoms with Crippen LogP contribution in [0.25, 0.3) is 0 Å². The molecule has 0 unspecified atom stereocenters. The van der Waals surface area contributed by atoms with Gasteiger partial charge in [0.2, 0.25) is 0 Å². The Balaban J connectivity index is 1.84. The highest BCUT2D eigenvalue weighted by atomic mass is 79.9. The number of carbonyl (C=O) groups is 1. The maximum atomic E-state index is 12.3. The van der Waals surface area contributed by atoms with Gasteiger partial charge in [0.15, 0.2) is 0 Å². The molecule has 3 rings (SSSR count). The molecule has 1 amide bonds. The number of rotatable bonds is 2. The van der Waals surface area contributed by atoms with Gasteiger partial charge in [-0.2, -0.15) is 0 Å². The Morgan fingerprint density at radius 1 is 1.15 bits per heavy atom. The zero-order chi connectivity index (χ0) is 14.1. The van der Waals surface area contributed by atoms with Crippen LogP contribution in [0.1, 0.15) is 27.0 Å². The summed E-state index contributed by atoms with van der Waals surface area (Å²) in [5.74, 6) is -0.0964. The van der Waals surface area contributed by atoms with Gasteiger partial charge in [0.05, 0.1) is 13.2 Å². The molecule has 0 saturated heterocycles. The van der Waals surface area contributed by atoms with Crippen molar-refractivity contribution in [2.45, 2.75) is 20.1 Å². The number of fused-ring (bicyclic) bond motifs is 1. The second-order valence-electron chi connectivity index (χ2n) is 4.89. The van der Waals surface area contributed by atoms with Gasteiger partial charge in [0.1, 0.15) is 0 Å². The quantitative estimate of drug-likeness (QED) is 0.901. The summed E-state index contributed by atoms with van der Waals surface area (Å²) >= 11 is 3.42. The number of carbonyl (C=O) groups excluding carboxylic acids is 1. The van der Waals surface area contributed by atoms with Crippen molar-refractivity contribution in [3.63, 3.8) is 0 Å². The van der Waals surface area contributed by atoms with Crippen LogP contribution in [0.2, 0.25) is 0 Å². The number of ether oxygens (including phenoxy) is 1. The van der Waals surface area contributed by atoms with Gasteiger partial charge >= 0.3 is 0 Å². The normalized spacial score (nSPS) is 13.1. The van der Waals surface area contributed by atoms with Gasteiger partial charge in [0.25, 0.3) is 5.91 Å². The number of anilines is 1. The largest absolute Gasteiger partial charge is 0.372 e. The molecule has 20 heavy (non-hydrogen) atoms. The first-order valence-corrected chi connectivity index (χ1v) is 7.20. The standard InChI is InChI=1S/C16H14BrNO2/c1-10-2-5-14(17)7-15(10)18-16(19)11-3-4-12-8-20-9-13(12)6-11/h2-7H,8-9H2,1H3,(H,18,19). The van der Waals surface area contributed by atoms with E-state index in [4.69, 9.17) is 4.74 Å². The van der Waals surface area contributed by atoms with E-state index >= 15 is 0 Å². The highest BCUT2D eigenvalue weighted by Gasteiger charge is 2.14. The van der Waals surface area contributed by atoms with E-state index in [1.807, 2.05) is 43.3 Å². The highest BCUT2D eigenvalue weighted by Crippen LogP contribution is 2.23. The molecule has 1 aliphatic rings. The molecule has 1 aliphatic heterocycles. The number of aryl methyl sites for hydroxylation is 1. The van der Waals surface area contributed by atoms with Crippen LogP contribution in [0.15, 0.2) is 40.9 Å². The molecule has 0 saturated carbocycles. The van der Waals surface area contributed by atoms with Gasteiger partial charge in [0, 0.05) is 15.7 Å². The molecule has 0 radical (unpaired) electrons. The second-order valence-corrected chi connectivity index (χ2v) is 5.81. The van der Waals surface area contributed by atoms with E-state index in [0.29, 0.717) is 18.8 Å². The van der Waals surface area contributed by atoms with Gasteiger partial charge < -0.3 is 10.1 Å². The third-order valence-corrected chi connectivity index (χ3v) is 3.92. The molecule has 1 heterocycles. The summed E-state index contributed by atoms with van der Waals surface area (Å²) < 4.78 is 6.31. The molecular weight excluding hydrogens is 318 g/mol. The Hall–Kier alpha value is -1.65. The minimum absolute atomic E-state index is 0.0964. The molecule has 102 valence electrons. The number of hydrogen-bond donors (Lipinski definition) is 1. The number of halogens is 1. The number of nitrogens with one attached hydrogen (secondary N) is 1. The van der Waals surface area contributed by atoms with E-state index in [9.17, 15) is 4.79 Å². The molecule has 2 aromatic carbocycles. The first kappa shape index (κ1) is 13.3. The molecule has 0 aliphatic carbocycles. The molecular formula is C16H14BrNO2. The average molecular weight is 332 g/mol. The summed E-state index contributed by atoms with van der Waals surface area (Å²) in [6.07, 6.45) is 0. The summed E-state index contributed by atoms with van der Waals surface area (Å²) in [7, 11) is 0.